The summed E-state index contributed by atoms with van der Waals surface area (Å²) in [6.45, 7) is 2.81. The maximum Gasteiger partial charge on any atom is 0.165 e. The normalized spacial score (nSPS) is 23.3. The Labute approximate surface area is 206 Å². The lowest BCUT2D eigenvalue weighted by Crippen LogP contribution is -2.47. The van der Waals surface area contributed by atoms with E-state index in [0.29, 0.717) is 35.2 Å². The maximum atomic E-state index is 14.4. The number of aromatic nitrogens is 2. The first-order valence-electron chi connectivity index (χ1n) is 12.8. The van der Waals surface area contributed by atoms with Crippen molar-refractivity contribution in [1.82, 2.24) is 9.78 Å². The molecule has 0 bridgehead atoms. The highest BCUT2D eigenvalue weighted by molar-refractivity contribution is 6.07. The van der Waals surface area contributed by atoms with Crippen molar-refractivity contribution < 1.29 is 9.18 Å². The second-order valence-electron chi connectivity index (χ2n) is 10.8. The van der Waals surface area contributed by atoms with Crippen LogP contribution in [0.3, 0.4) is 0 Å². The molecule has 0 amide bonds. The van der Waals surface area contributed by atoms with E-state index in [1.54, 1.807) is 6.20 Å². The molecule has 4 heteroatoms. The first kappa shape index (κ1) is 22.2. The molecule has 3 nitrogen and oxygen atoms in total. The number of carbonyl (C=O) groups is 1. The van der Waals surface area contributed by atoms with Crippen molar-refractivity contribution in [1.29, 1.82) is 0 Å². The Morgan fingerprint density at radius 1 is 0.971 bits per heavy atom. The van der Waals surface area contributed by atoms with Crippen molar-refractivity contribution in [2.45, 2.75) is 52.0 Å². The van der Waals surface area contributed by atoms with Crippen LogP contribution in [-0.4, -0.2) is 15.6 Å². The van der Waals surface area contributed by atoms with E-state index in [-0.39, 0.29) is 11.6 Å². The minimum atomic E-state index is -0.373. The van der Waals surface area contributed by atoms with Gasteiger partial charge in [0.05, 0.1) is 18.3 Å². The summed E-state index contributed by atoms with van der Waals surface area (Å²) in [5.74, 6) is 0.982. The minimum absolute atomic E-state index is 0.0434. The lowest BCUT2D eigenvalue weighted by Gasteiger charge is -2.58. The van der Waals surface area contributed by atoms with Gasteiger partial charge in [-0.15, -0.1) is 0 Å². The van der Waals surface area contributed by atoms with Gasteiger partial charge in [0, 0.05) is 17.4 Å². The number of halogens is 1. The molecule has 2 aliphatic rings. The molecule has 4 aromatic rings. The van der Waals surface area contributed by atoms with Crippen LogP contribution in [0.25, 0.3) is 22.0 Å². The molecule has 178 valence electrons. The Morgan fingerprint density at radius 2 is 1.66 bits per heavy atom. The summed E-state index contributed by atoms with van der Waals surface area (Å²) in [4.78, 5) is 13.3. The van der Waals surface area contributed by atoms with Crippen LogP contribution in [0.5, 0.6) is 0 Å². The van der Waals surface area contributed by atoms with E-state index >= 15 is 0 Å². The molecule has 2 saturated carbocycles. The fourth-order valence-corrected chi connectivity index (χ4v) is 6.60. The lowest BCUT2D eigenvalue weighted by atomic mass is 9.47. The second kappa shape index (κ2) is 8.75. The van der Waals surface area contributed by atoms with Crippen LogP contribution in [0.4, 0.5) is 4.39 Å². The Bertz CT molecular complexity index is 1360. The average molecular weight is 467 g/mol. The number of rotatable bonds is 7. The number of ketones is 1. The van der Waals surface area contributed by atoms with Gasteiger partial charge in [-0.2, -0.15) is 5.10 Å². The van der Waals surface area contributed by atoms with Gasteiger partial charge in [0.15, 0.2) is 5.78 Å². The van der Waals surface area contributed by atoms with Gasteiger partial charge >= 0.3 is 0 Å². The zero-order valence-electron chi connectivity index (χ0n) is 20.2. The van der Waals surface area contributed by atoms with Gasteiger partial charge in [-0.3, -0.25) is 9.48 Å². The number of Topliss-reactive ketones (excluding diaryl/α,β-unsaturated/α-hetero) is 1. The zero-order chi connectivity index (χ0) is 24.0. The molecule has 35 heavy (non-hydrogen) atoms. The summed E-state index contributed by atoms with van der Waals surface area (Å²) < 4.78 is 16.3. The molecule has 2 fully saturated rings. The van der Waals surface area contributed by atoms with E-state index in [0.717, 1.165) is 35.4 Å². The second-order valence-corrected chi connectivity index (χ2v) is 10.8. The average Bonchev–Trinajstić information content (AvgIpc) is 3.22. The summed E-state index contributed by atoms with van der Waals surface area (Å²) in [6, 6.07) is 21.6. The number of hydrogen-bond acceptors (Lipinski definition) is 2. The van der Waals surface area contributed by atoms with Gasteiger partial charge in [0.2, 0.25) is 0 Å². The van der Waals surface area contributed by atoms with Crippen molar-refractivity contribution in [2.24, 2.45) is 17.3 Å². The Balaban J connectivity index is 1.21. The van der Waals surface area contributed by atoms with Gasteiger partial charge in [-0.1, -0.05) is 67.9 Å². The number of nitrogens with zero attached hydrogens (tertiary/aromatic N) is 2. The maximum absolute atomic E-state index is 14.4. The molecule has 3 aromatic carbocycles. The molecular weight excluding hydrogens is 435 g/mol. The summed E-state index contributed by atoms with van der Waals surface area (Å²) in [5, 5.41) is 5.21. The third-order valence-corrected chi connectivity index (χ3v) is 8.33. The smallest absolute Gasteiger partial charge is 0.165 e. The summed E-state index contributed by atoms with van der Waals surface area (Å²) >= 11 is 0. The largest absolute Gasteiger partial charge is 0.294 e. The van der Waals surface area contributed by atoms with Crippen LogP contribution < -0.4 is 0 Å². The number of hydrogen-bond donors (Lipinski definition) is 0. The van der Waals surface area contributed by atoms with Crippen LogP contribution in [0, 0.1) is 23.1 Å². The Morgan fingerprint density at radius 3 is 2.37 bits per heavy atom. The van der Waals surface area contributed by atoms with Crippen molar-refractivity contribution >= 4 is 16.7 Å². The molecule has 6 rings (SSSR count). The van der Waals surface area contributed by atoms with E-state index in [9.17, 15) is 9.18 Å². The molecule has 0 atom stereocenters. The van der Waals surface area contributed by atoms with E-state index in [1.807, 2.05) is 22.9 Å². The molecule has 1 aromatic heterocycles. The fourth-order valence-electron chi connectivity index (χ4n) is 6.60. The van der Waals surface area contributed by atoms with Crippen LogP contribution in [0.1, 0.15) is 61.4 Å². The molecule has 0 aliphatic heterocycles. The standard InChI is InChI=1S/C31H31FN2O/c1-2-21-15-31(16-21)17-23(18-31)12-29(35)28-14-27(32)13-26-19-33-34(30(26)28)20-22-8-10-25(11-9-22)24-6-4-3-5-7-24/h3-11,13-14,19,21,23H,2,12,15-18,20H2,1H3. The van der Waals surface area contributed by atoms with E-state index < -0.39 is 0 Å². The zero-order valence-corrected chi connectivity index (χ0v) is 20.2. The van der Waals surface area contributed by atoms with Crippen LogP contribution >= 0.6 is 0 Å². The van der Waals surface area contributed by atoms with Crippen molar-refractivity contribution in [3.8, 4) is 11.1 Å². The highest BCUT2D eigenvalue weighted by atomic mass is 19.1. The molecule has 0 saturated heterocycles. The van der Waals surface area contributed by atoms with Crippen LogP contribution in [-0.2, 0) is 6.54 Å². The Kier molecular flexibility index (Phi) is 5.55. The molecule has 0 unspecified atom stereocenters. The van der Waals surface area contributed by atoms with Crippen molar-refractivity contribution in [2.75, 3.05) is 0 Å². The topological polar surface area (TPSA) is 34.9 Å². The van der Waals surface area contributed by atoms with Crippen molar-refractivity contribution in [3.63, 3.8) is 0 Å². The Hall–Kier alpha value is -3.27. The molecule has 0 N–H and O–H groups in total. The molecule has 1 heterocycles. The fraction of sp³-hybridized carbons (Fsp3) is 0.355. The van der Waals surface area contributed by atoms with Gasteiger partial charge in [0.25, 0.3) is 0 Å². The lowest BCUT2D eigenvalue weighted by molar-refractivity contribution is -0.0683. The molecule has 1 spiro atoms. The quantitative estimate of drug-likeness (QED) is 0.262. The first-order valence-corrected chi connectivity index (χ1v) is 12.8. The molecule has 0 radical (unpaired) electrons. The highest BCUT2D eigenvalue weighted by Crippen LogP contribution is 2.62. The summed E-state index contributed by atoms with van der Waals surface area (Å²) in [7, 11) is 0. The van der Waals surface area contributed by atoms with Gasteiger partial charge in [-0.05, 0) is 71.8 Å². The first-order chi connectivity index (χ1) is 17.0. The van der Waals surface area contributed by atoms with Gasteiger partial charge in [-0.25, -0.2) is 4.39 Å². The number of carbonyl (C=O) groups excluding carboxylic acids is 1. The highest BCUT2D eigenvalue weighted by Gasteiger charge is 2.52. The molecule has 2 aliphatic carbocycles. The van der Waals surface area contributed by atoms with Gasteiger partial charge < -0.3 is 0 Å². The SMILES string of the molecule is CCC1CC2(C1)CC(CC(=O)c1cc(F)cc3cnn(Cc4ccc(-c5ccccc5)cc4)c13)C2. The summed E-state index contributed by atoms with van der Waals surface area (Å²) in [5.41, 5.74) is 5.15. The predicted molar refractivity (Wildman–Crippen MR) is 138 cm³/mol. The van der Waals surface area contributed by atoms with Crippen LogP contribution in [0.15, 0.2) is 72.9 Å². The van der Waals surface area contributed by atoms with Gasteiger partial charge in [0.1, 0.15) is 5.82 Å². The molecular formula is C31H31FN2O. The minimum Gasteiger partial charge on any atom is -0.294 e. The van der Waals surface area contributed by atoms with Crippen LogP contribution in [0.2, 0.25) is 0 Å². The predicted octanol–water partition coefficient (Wildman–Crippen LogP) is 7.68. The monoisotopic (exact) mass is 466 g/mol. The van der Waals surface area contributed by atoms with E-state index in [4.69, 9.17) is 0 Å². The third-order valence-electron chi connectivity index (χ3n) is 8.33. The number of fused-ring (bicyclic) bond motifs is 1. The summed E-state index contributed by atoms with van der Waals surface area (Å²) in [6.07, 6.45) is 8.41. The van der Waals surface area contributed by atoms with E-state index in [1.165, 1.54) is 37.0 Å². The number of benzene rings is 3. The van der Waals surface area contributed by atoms with Crippen molar-refractivity contribution in [3.05, 3.63) is 89.9 Å². The van der Waals surface area contributed by atoms with E-state index in [2.05, 4.69) is 48.4 Å². The third kappa shape index (κ3) is 4.20.